The molecule has 4 rings (SSSR count). The lowest BCUT2D eigenvalue weighted by molar-refractivity contribution is 0.102. The average Bonchev–Trinajstić information content (AvgIpc) is 3.09. The van der Waals surface area contributed by atoms with Gasteiger partial charge in [-0.05, 0) is 47.9 Å². The van der Waals surface area contributed by atoms with Crippen molar-refractivity contribution in [1.82, 2.24) is 4.57 Å². The smallest absolute Gasteiger partial charge is 0.256 e. The number of carbonyl (C=O) groups is 1. The summed E-state index contributed by atoms with van der Waals surface area (Å²) in [6, 6.07) is 28.1. The van der Waals surface area contributed by atoms with Crippen LogP contribution in [0, 0.1) is 6.92 Å². The van der Waals surface area contributed by atoms with E-state index in [1.54, 1.807) is 0 Å². The molecule has 0 atom stereocenters. The molecule has 0 aliphatic heterocycles. The SMILES string of the molecule is Cc1cn(Cc2ccccc2)c(NC(=O)c2ccc(N(C)C)cc2)c1-c1ccccc1. The van der Waals surface area contributed by atoms with Crippen LogP contribution in [0.3, 0.4) is 0 Å². The minimum atomic E-state index is -0.116. The van der Waals surface area contributed by atoms with Crippen molar-refractivity contribution in [3.05, 3.63) is 108 Å². The lowest BCUT2D eigenvalue weighted by atomic mass is 10.0. The number of aromatic nitrogens is 1. The zero-order valence-electron chi connectivity index (χ0n) is 18.2. The van der Waals surface area contributed by atoms with Gasteiger partial charge in [0, 0.05) is 43.7 Å². The largest absolute Gasteiger partial charge is 0.378 e. The monoisotopic (exact) mass is 409 g/mol. The van der Waals surface area contributed by atoms with Crippen molar-refractivity contribution in [2.24, 2.45) is 0 Å². The molecule has 0 aliphatic carbocycles. The van der Waals surface area contributed by atoms with Gasteiger partial charge in [0.15, 0.2) is 0 Å². The van der Waals surface area contributed by atoms with Crippen LogP contribution in [0.25, 0.3) is 11.1 Å². The maximum Gasteiger partial charge on any atom is 0.256 e. The molecular formula is C27H27N3O. The van der Waals surface area contributed by atoms with Crippen LogP contribution in [-0.4, -0.2) is 24.6 Å². The van der Waals surface area contributed by atoms with E-state index < -0.39 is 0 Å². The first kappa shape index (κ1) is 20.5. The van der Waals surface area contributed by atoms with E-state index in [-0.39, 0.29) is 5.91 Å². The van der Waals surface area contributed by atoms with Crippen LogP contribution in [0.2, 0.25) is 0 Å². The first-order chi connectivity index (χ1) is 15.0. The molecule has 1 heterocycles. The Balaban J connectivity index is 1.72. The number of hydrogen-bond donors (Lipinski definition) is 1. The van der Waals surface area contributed by atoms with Crippen molar-refractivity contribution in [3.8, 4) is 11.1 Å². The third kappa shape index (κ3) is 4.53. The fraction of sp³-hybridized carbons (Fsp3) is 0.148. The molecule has 0 fully saturated rings. The summed E-state index contributed by atoms with van der Waals surface area (Å²) < 4.78 is 2.12. The molecule has 0 saturated carbocycles. The van der Waals surface area contributed by atoms with Gasteiger partial charge in [-0.1, -0.05) is 60.7 Å². The second kappa shape index (κ2) is 8.92. The molecule has 3 aromatic carbocycles. The van der Waals surface area contributed by atoms with E-state index in [1.165, 1.54) is 5.56 Å². The number of rotatable bonds is 6. The molecule has 156 valence electrons. The first-order valence-corrected chi connectivity index (χ1v) is 10.4. The molecule has 4 nitrogen and oxygen atoms in total. The first-order valence-electron chi connectivity index (χ1n) is 10.4. The maximum absolute atomic E-state index is 13.2. The molecule has 0 bridgehead atoms. The van der Waals surface area contributed by atoms with Crippen molar-refractivity contribution >= 4 is 17.4 Å². The third-order valence-electron chi connectivity index (χ3n) is 5.40. The van der Waals surface area contributed by atoms with E-state index in [0.29, 0.717) is 12.1 Å². The van der Waals surface area contributed by atoms with Gasteiger partial charge in [-0.2, -0.15) is 0 Å². The molecule has 4 heteroatoms. The highest BCUT2D eigenvalue weighted by Crippen LogP contribution is 2.34. The van der Waals surface area contributed by atoms with Gasteiger partial charge in [-0.25, -0.2) is 0 Å². The summed E-state index contributed by atoms with van der Waals surface area (Å²) in [6.45, 7) is 2.77. The van der Waals surface area contributed by atoms with E-state index in [1.807, 2.05) is 79.7 Å². The van der Waals surface area contributed by atoms with Gasteiger partial charge < -0.3 is 14.8 Å². The standard InChI is InChI=1S/C27H27N3O/c1-20-18-30(19-21-10-6-4-7-11-21)26(25(20)22-12-8-5-9-13-22)28-27(31)23-14-16-24(17-15-23)29(2)3/h4-18H,19H2,1-3H3,(H,28,31). The lowest BCUT2D eigenvalue weighted by Crippen LogP contribution is -2.16. The van der Waals surface area contributed by atoms with Crippen molar-refractivity contribution in [2.75, 3.05) is 24.3 Å². The van der Waals surface area contributed by atoms with Gasteiger partial charge in [-0.3, -0.25) is 4.79 Å². The number of amides is 1. The summed E-state index contributed by atoms with van der Waals surface area (Å²) in [5.41, 5.74) is 6.14. The highest BCUT2D eigenvalue weighted by atomic mass is 16.1. The molecule has 0 radical (unpaired) electrons. The van der Waals surface area contributed by atoms with E-state index in [4.69, 9.17) is 0 Å². The second-order valence-electron chi connectivity index (χ2n) is 7.91. The third-order valence-corrected chi connectivity index (χ3v) is 5.40. The van der Waals surface area contributed by atoms with Crippen LogP contribution in [0.15, 0.2) is 91.1 Å². The number of nitrogens with zero attached hydrogens (tertiary/aromatic N) is 2. The Morgan fingerprint density at radius 3 is 2.10 bits per heavy atom. The minimum absolute atomic E-state index is 0.116. The molecule has 0 saturated heterocycles. The summed E-state index contributed by atoms with van der Waals surface area (Å²) in [6.07, 6.45) is 2.11. The van der Waals surface area contributed by atoms with Crippen LogP contribution in [0.4, 0.5) is 11.5 Å². The molecular weight excluding hydrogens is 382 g/mol. The zero-order chi connectivity index (χ0) is 21.8. The van der Waals surface area contributed by atoms with E-state index in [9.17, 15) is 4.79 Å². The molecule has 4 aromatic rings. The van der Waals surface area contributed by atoms with Gasteiger partial charge in [0.1, 0.15) is 5.82 Å². The van der Waals surface area contributed by atoms with Gasteiger partial charge in [-0.15, -0.1) is 0 Å². The Morgan fingerprint density at radius 2 is 1.48 bits per heavy atom. The van der Waals surface area contributed by atoms with Crippen LogP contribution in [0.5, 0.6) is 0 Å². The highest BCUT2D eigenvalue weighted by Gasteiger charge is 2.18. The Labute approximate surface area is 183 Å². The molecule has 0 aliphatic rings. The lowest BCUT2D eigenvalue weighted by Gasteiger charge is -2.15. The Kier molecular flexibility index (Phi) is 5.89. The predicted octanol–water partition coefficient (Wildman–Crippen LogP) is 5.83. The molecule has 0 spiro atoms. The summed E-state index contributed by atoms with van der Waals surface area (Å²) in [5.74, 6) is 0.698. The van der Waals surface area contributed by atoms with Crippen molar-refractivity contribution in [1.29, 1.82) is 0 Å². The van der Waals surface area contributed by atoms with Crippen LogP contribution < -0.4 is 10.2 Å². The summed E-state index contributed by atoms with van der Waals surface area (Å²) in [5, 5.41) is 3.19. The van der Waals surface area contributed by atoms with Crippen molar-refractivity contribution < 1.29 is 4.79 Å². The number of hydrogen-bond acceptors (Lipinski definition) is 2. The number of aryl methyl sites for hydroxylation is 1. The van der Waals surface area contributed by atoms with Crippen molar-refractivity contribution in [2.45, 2.75) is 13.5 Å². The Hall–Kier alpha value is -3.79. The maximum atomic E-state index is 13.2. The van der Waals surface area contributed by atoms with E-state index >= 15 is 0 Å². The Bertz CT molecular complexity index is 1160. The highest BCUT2D eigenvalue weighted by molar-refractivity contribution is 6.06. The fourth-order valence-electron chi connectivity index (χ4n) is 3.79. The van der Waals surface area contributed by atoms with Gasteiger partial charge >= 0.3 is 0 Å². The van der Waals surface area contributed by atoms with Crippen molar-refractivity contribution in [3.63, 3.8) is 0 Å². The van der Waals surface area contributed by atoms with Gasteiger partial charge in [0.05, 0.1) is 0 Å². The molecule has 31 heavy (non-hydrogen) atoms. The normalized spacial score (nSPS) is 10.7. The predicted molar refractivity (Wildman–Crippen MR) is 129 cm³/mol. The number of anilines is 2. The molecule has 1 aromatic heterocycles. The quantitative estimate of drug-likeness (QED) is 0.435. The second-order valence-corrected chi connectivity index (χ2v) is 7.91. The summed E-state index contributed by atoms with van der Waals surface area (Å²) >= 11 is 0. The molecule has 0 unspecified atom stereocenters. The fourth-order valence-corrected chi connectivity index (χ4v) is 3.79. The molecule has 1 N–H and O–H groups in total. The summed E-state index contributed by atoms with van der Waals surface area (Å²) in [7, 11) is 3.97. The molecule has 1 amide bonds. The Morgan fingerprint density at radius 1 is 0.871 bits per heavy atom. The number of carbonyl (C=O) groups excluding carboxylic acids is 1. The summed E-state index contributed by atoms with van der Waals surface area (Å²) in [4.78, 5) is 15.2. The van der Waals surface area contributed by atoms with Gasteiger partial charge in [0.2, 0.25) is 0 Å². The average molecular weight is 410 g/mol. The topological polar surface area (TPSA) is 37.3 Å². The minimum Gasteiger partial charge on any atom is -0.378 e. The van der Waals surface area contributed by atoms with Crippen LogP contribution in [0.1, 0.15) is 21.5 Å². The zero-order valence-corrected chi connectivity index (χ0v) is 18.2. The van der Waals surface area contributed by atoms with E-state index in [0.717, 1.165) is 28.2 Å². The van der Waals surface area contributed by atoms with Crippen LogP contribution in [-0.2, 0) is 6.54 Å². The van der Waals surface area contributed by atoms with Crippen LogP contribution >= 0.6 is 0 Å². The number of benzene rings is 3. The van der Waals surface area contributed by atoms with E-state index in [2.05, 4.69) is 47.3 Å². The number of nitrogens with one attached hydrogen (secondary N) is 1. The van der Waals surface area contributed by atoms with Gasteiger partial charge in [0.25, 0.3) is 5.91 Å².